The normalized spacial score (nSPS) is 17.5. The lowest BCUT2D eigenvalue weighted by Crippen LogP contribution is -2.21. The Kier molecular flexibility index (Phi) is 2.52. The first kappa shape index (κ1) is 13.4. The van der Waals surface area contributed by atoms with Crippen LogP contribution >= 0.6 is 0 Å². The highest BCUT2D eigenvalue weighted by molar-refractivity contribution is 6.30. The Balaban J connectivity index is 1.96. The third-order valence-electron chi connectivity index (χ3n) is 4.73. The van der Waals surface area contributed by atoms with E-state index >= 15 is 0 Å². The molecule has 2 heterocycles. The summed E-state index contributed by atoms with van der Waals surface area (Å²) in [5, 5.41) is 4.90. The fourth-order valence-corrected chi connectivity index (χ4v) is 3.71. The highest BCUT2D eigenvalue weighted by atomic mass is 16.7. The molecule has 6 heteroatoms. The minimum atomic E-state index is -0.296. The van der Waals surface area contributed by atoms with Crippen molar-refractivity contribution in [1.82, 2.24) is 0 Å². The van der Waals surface area contributed by atoms with Gasteiger partial charge in [0.05, 0.1) is 7.11 Å². The molecule has 0 saturated carbocycles. The molecule has 0 spiro atoms. The van der Waals surface area contributed by atoms with Gasteiger partial charge in [-0.2, -0.15) is 0 Å². The fourth-order valence-electron chi connectivity index (χ4n) is 3.71. The molecule has 0 radical (unpaired) electrons. The number of nitrogens with one attached hydrogen (secondary N) is 1. The zero-order chi connectivity index (χ0) is 16.4. The number of carbonyl (C=O) groups excluding carboxylic acids is 2. The molecule has 0 amide bonds. The average Bonchev–Trinajstić information content (AvgIpc) is 3.06. The highest BCUT2D eigenvalue weighted by Gasteiger charge is 2.34. The van der Waals surface area contributed by atoms with Crippen molar-refractivity contribution in [2.45, 2.75) is 6.42 Å². The lowest BCUT2D eigenvalue weighted by Gasteiger charge is -2.24. The van der Waals surface area contributed by atoms with E-state index < -0.39 is 0 Å². The van der Waals surface area contributed by atoms with Gasteiger partial charge < -0.3 is 19.5 Å². The largest absolute Gasteiger partial charge is 0.492 e. The molecule has 0 saturated heterocycles. The van der Waals surface area contributed by atoms with Crippen molar-refractivity contribution in [3.8, 4) is 11.5 Å². The summed E-state index contributed by atoms with van der Waals surface area (Å²) in [6.45, 7) is 0.872. The predicted molar refractivity (Wildman–Crippen MR) is 86.0 cm³/mol. The number of allylic oxidation sites excluding steroid dienone is 2. The number of fused-ring (bicyclic) bond motifs is 4. The molecule has 3 aliphatic rings. The average molecular weight is 323 g/mol. The van der Waals surface area contributed by atoms with Crippen LogP contribution in [0.15, 0.2) is 24.0 Å². The van der Waals surface area contributed by atoms with Gasteiger partial charge in [0, 0.05) is 40.2 Å². The Morgan fingerprint density at radius 3 is 2.88 bits per heavy atom. The van der Waals surface area contributed by atoms with E-state index in [0.29, 0.717) is 28.0 Å². The van der Waals surface area contributed by atoms with Crippen LogP contribution in [0.4, 0.5) is 5.69 Å². The van der Waals surface area contributed by atoms with Crippen molar-refractivity contribution in [3.05, 3.63) is 40.7 Å². The first-order valence-electron chi connectivity index (χ1n) is 7.70. The smallest absolute Gasteiger partial charge is 0.231 e. The van der Waals surface area contributed by atoms with Crippen molar-refractivity contribution >= 4 is 28.0 Å². The quantitative estimate of drug-likeness (QED) is 0.869. The molecule has 2 aromatic carbocycles. The van der Waals surface area contributed by atoms with Crippen molar-refractivity contribution in [1.29, 1.82) is 0 Å². The molecular formula is C18H13NO5. The van der Waals surface area contributed by atoms with Crippen LogP contribution in [0, 0.1) is 0 Å². The predicted octanol–water partition coefficient (Wildman–Crippen LogP) is 2.45. The maximum Gasteiger partial charge on any atom is 0.231 e. The lowest BCUT2D eigenvalue weighted by atomic mass is 9.84. The zero-order valence-electron chi connectivity index (χ0n) is 12.9. The number of rotatable bonds is 1. The van der Waals surface area contributed by atoms with Gasteiger partial charge in [-0.25, -0.2) is 0 Å². The molecule has 0 unspecified atom stereocenters. The molecule has 2 aromatic rings. The van der Waals surface area contributed by atoms with Gasteiger partial charge in [-0.3, -0.25) is 9.59 Å². The molecular weight excluding hydrogens is 310 g/mol. The second-order valence-corrected chi connectivity index (χ2v) is 5.95. The number of anilines is 1. The first-order chi connectivity index (χ1) is 11.7. The van der Waals surface area contributed by atoms with Crippen molar-refractivity contribution < 1.29 is 23.8 Å². The van der Waals surface area contributed by atoms with Crippen LogP contribution in [0.2, 0.25) is 0 Å². The zero-order valence-corrected chi connectivity index (χ0v) is 12.9. The SMILES string of the molecule is COC1=CC(=O)c2c(cc3c4c(cc5c(c24)OCO5)CCN3)C1=O. The Morgan fingerprint density at radius 2 is 2.04 bits per heavy atom. The third-order valence-corrected chi connectivity index (χ3v) is 4.73. The van der Waals surface area contributed by atoms with Gasteiger partial charge in [0.15, 0.2) is 23.0 Å². The summed E-state index contributed by atoms with van der Waals surface area (Å²) in [6.07, 6.45) is 2.07. The monoisotopic (exact) mass is 323 g/mol. The maximum absolute atomic E-state index is 12.7. The number of methoxy groups -OCH3 is 1. The van der Waals surface area contributed by atoms with Crippen molar-refractivity contribution in [2.75, 3.05) is 25.8 Å². The highest BCUT2D eigenvalue weighted by Crippen LogP contribution is 2.48. The van der Waals surface area contributed by atoms with Gasteiger partial charge >= 0.3 is 0 Å². The molecule has 120 valence electrons. The maximum atomic E-state index is 12.7. The molecule has 0 fully saturated rings. The van der Waals surface area contributed by atoms with Gasteiger partial charge in [0.25, 0.3) is 0 Å². The topological polar surface area (TPSA) is 73.9 Å². The molecule has 5 rings (SSSR count). The van der Waals surface area contributed by atoms with Crippen LogP contribution in [-0.2, 0) is 11.2 Å². The number of ether oxygens (including phenoxy) is 3. The molecule has 24 heavy (non-hydrogen) atoms. The molecule has 2 aliphatic heterocycles. The van der Waals surface area contributed by atoms with Crippen LogP contribution in [0.5, 0.6) is 11.5 Å². The summed E-state index contributed by atoms with van der Waals surface area (Å²) in [7, 11) is 1.39. The summed E-state index contributed by atoms with van der Waals surface area (Å²) in [5.74, 6) is 0.662. The molecule has 0 aromatic heterocycles. The van der Waals surface area contributed by atoms with E-state index in [1.807, 2.05) is 6.07 Å². The minimum absolute atomic E-state index is 0.0554. The second kappa shape index (κ2) is 4.50. The van der Waals surface area contributed by atoms with Crippen molar-refractivity contribution in [2.24, 2.45) is 0 Å². The first-order valence-corrected chi connectivity index (χ1v) is 7.70. The number of carbonyl (C=O) groups is 2. The molecule has 0 atom stereocenters. The van der Waals surface area contributed by atoms with Gasteiger partial charge in [-0.1, -0.05) is 0 Å². The van der Waals surface area contributed by atoms with Crippen LogP contribution in [-0.4, -0.2) is 32.0 Å². The number of hydrogen-bond acceptors (Lipinski definition) is 6. The van der Waals surface area contributed by atoms with Gasteiger partial charge in [-0.05, 0) is 24.1 Å². The Bertz CT molecular complexity index is 989. The van der Waals surface area contributed by atoms with Crippen LogP contribution in [0.3, 0.4) is 0 Å². The summed E-state index contributed by atoms with van der Waals surface area (Å²) in [4.78, 5) is 25.4. The number of Topliss-reactive ketones (excluding diaryl/α,β-unsaturated/α-hetero) is 1. The Labute approximate surface area is 137 Å². The van der Waals surface area contributed by atoms with Gasteiger partial charge in [0.1, 0.15) is 0 Å². The summed E-state index contributed by atoms with van der Waals surface area (Å²) in [5.41, 5.74) is 2.63. The summed E-state index contributed by atoms with van der Waals surface area (Å²) in [6, 6.07) is 3.71. The van der Waals surface area contributed by atoms with Crippen molar-refractivity contribution in [3.63, 3.8) is 0 Å². The fraction of sp³-hybridized carbons (Fsp3) is 0.222. The van der Waals surface area contributed by atoms with Gasteiger partial charge in [0.2, 0.25) is 12.6 Å². The van der Waals surface area contributed by atoms with E-state index in [9.17, 15) is 9.59 Å². The van der Waals surface area contributed by atoms with E-state index in [0.717, 1.165) is 29.6 Å². The molecule has 6 nitrogen and oxygen atoms in total. The number of ketones is 2. The van der Waals surface area contributed by atoms with E-state index in [1.54, 1.807) is 6.07 Å². The number of benzene rings is 2. The van der Waals surface area contributed by atoms with E-state index in [4.69, 9.17) is 14.2 Å². The Hall–Kier alpha value is -3.02. The summed E-state index contributed by atoms with van der Waals surface area (Å²) < 4.78 is 16.2. The minimum Gasteiger partial charge on any atom is -0.492 e. The van der Waals surface area contributed by atoms with Gasteiger partial charge in [-0.15, -0.1) is 0 Å². The number of hydrogen-bond donors (Lipinski definition) is 1. The van der Waals surface area contributed by atoms with E-state index in [-0.39, 0.29) is 24.1 Å². The standard InChI is InChI=1S/C18H13NO5/c1-22-12-6-11(20)15-9(17(12)21)5-10-14-8(2-3-19-10)4-13-18(16(14)15)24-7-23-13/h4-6,19H,2-3,7H2,1H3. The Morgan fingerprint density at radius 1 is 1.17 bits per heavy atom. The van der Waals surface area contributed by atoms with Crippen LogP contribution in [0.25, 0.3) is 10.8 Å². The second-order valence-electron chi connectivity index (χ2n) is 5.95. The molecule has 0 bridgehead atoms. The molecule has 1 aliphatic carbocycles. The molecule has 1 N–H and O–H groups in total. The third kappa shape index (κ3) is 1.55. The van der Waals surface area contributed by atoms with Crippen LogP contribution < -0.4 is 14.8 Å². The van der Waals surface area contributed by atoms with Crippen LogP contribution in [0.1, 0.15) is 26.3 Å². The van der Waals surface area contributed by atoms with E-state index in [2.05, 4.69) is 5.32 Å². The van der Waals surface area contributed by atoms with E-state index in [1.165, 1.54) is 13.2 Å². The lowest BCUT2D eigenvalue weighted by molar-refractivity contribution is 0.0917. The summed E-state index contributed by atoms with van der Waals surface area (Å²) >= 11 is 0.